The zero-order chi connectivity index (χ0) is 21.2. The summed E-state index contributed by atoms with van der Waals surface area (Å²) in [6.07, 6.45) is 1.45. The maximum Gasteiger partial charge on any atom is 0.343 e. The van der Waals surface area contributed by atoms with Crippen LogP contribution < -0.4 is 19.6 Å². The number of benzene rings is 3. The van der Waals surface area contributed by atoms with Crippen LogP contribution in [-0.2, 0) is 4.79 Å². The van der Waals surface area contributed by atoms with Gasteiger partial charge < -0.3 is 14.2 Å². The molecular formula is C23H20N2O5. The molecule has 30 heavy (non-hydrogen) atoms. The Morgan fingerprint density at radius 3 is 2.37 bits per heavy atom. The summed E-state index contributed by atoms with van der Waals surface area (Å²) in [6.45, 7) is -0.182. The van der Waals surface area contributed by atoms with Crippen molar-refractivity contribution >= 4 is 18.1 Å². The Morgan fingerprint density at radius 1 is 0.900 bits per heavy atom. The second-order valence-electron chi connectivity index (χ2n) is 6.09. The van der Waals surface area contributed by atoms with E-state index in [-0.39, 0.29) is 6.61 Å². The Bertz CT molecular complexity index is 1020. The number of ether oxygens (including phenoxy) is 3. The molecule has 0 unspecified atom stereocenters. The number of nitrogens with zero attached hydrogens (tertiary/aromatic N) is 1. The molecule has 1 N–H and O–H groups in total. The van der Waals surface area contributed by atoms with Gasteiger partial charge in [-0.2, -0.15) is 5.10 Å². The monoisotopic (exact) mass is 404 g/mol. The van der Waals surface area contributed by atoms with Crippen molar-refractivity contribution in [2.75, 3.05) is 13.7 Å². The van der Waals surface area contributed by atoms with Crippen LogP contribution in [0.25, 0.3) is 0 Å². The van der Waals surface area contributed by atoms with Crippen LogP contribution in [-0.4, -0.2) is 31.8 Å². The lowest BCUT2D eigenvalue weighted by Gasteiger charge is -2.06. The van der Waals surface area contributed by atoms with Gasteiger partial charge in [0.2, 0.25) is 0 Å². The Morgan fingerprint density at radius 2 is 1.63 bits per heavy atom. The van der Waals surface area contributed by atoms with Gasteiger partial charge in [0.15, 0.2) is 6.61 Å². The number of amides is 1. The summed E-state index contributed by atoms with van der Waals surface area (Å²) in [5, 5.41) is 3.89. The Kier molecular flexibility index (Phi) is 7.16. The van der Waals surface area contributed by atoms with Gasteiger partial charge in [0.25, 0.3) is 5.91 Å². The number of hydrazone groups is 1. The van der Waals surface area contributed by atoms with E-state index in [1.54, 1.807) is 79.9 Å². The third-order valence-electron chi connectivity index (χ3n) is 3.91. The fraction of sp³-hybridized carbons (Fsp3) is 0.0870. The van der Waals surface area contributed by atoms with Gasteiger partial charge in [0, 0.05) is 0 Å². The first-order valence-electron chi connectivity index (χ1n) is 9.10. The van der Waals surface area contributed by atoms with Gasteiger partial charge in [-0.3, -0.25) is 4.79 Å². The van der Waals surface area contributed by atoms with Crippen LogP contribution in [0.15, 0.2) is 84.0 Å². The highest BCUT2D eigenvalue weighted by Crippen LogP contribution is 2.17. The molecule has 7 heteroatoms. The fourth-order valence-electron chi connectivity index (χ4n) is 2.43. The molecule has 1 amide bonds. The Labute approximate surface area is 173 Å². The van der Waals surface area contributed by atoms with Crippen molar-refractivity contribution in [3.8, 4) is 17.2 Å². The summed E-state index contributed by atoms with van der Waals surface area (Å²) in [7, 11) is 1.57. The van der Waals surface area contributed by atoms with Gasteiger partial charge in [-0.05, 0) is 54.1 Å². The SMILES string of the molecule is COc1ccc(OCC(=O)NN=Cc2cccc(OC(=O)c3ccccc3)c2)cc1. The van der Waals surface area contributed by atoms with Gasteiger partial charge in [-0.1, -0.05) is 30.3 Å². The van der Waals surface area contributed by atoms with Crippen molar-refractivity contribution in [3.05, 3.63) is 90.0 Å². The van der Waals surface area contributed by atoms with E-state index in [1.165, 1.54) is 6.21 Å². The third kappa shape index (κ3) is 6.20. The van der Waals surface area contributed by atoms with Gasteiger partial charge in [-0.25, -0.2) is 10.2 Å². The topological polar surface area (TPSA) is 86.2 Å². The maximum absolute atomic E-state index is 12.1. The van der Waals surface area contributed by atoms with E-state index in [4.69, 9.17) is 14.2 Å². The number of carbonyl (C=O) groups is 2. The highest BCUT2D eigenvalue weighted by molar-refractivity contribution is 5.91. The largest absolute Gasteiger partial charge is 0.497 e. The van der Waals surface area contributed by atoms with Crippen LogP contribution in [0.5, 0.6) is 17.2 Å². The van der Waals surface area contributed by atoms with Crippen LogP contribution in [0.4, 0.5) is 0 Å². The molecule has 0 radical (unpaired) electrons. The standard InChI is InChI=1S/C23H20N2O5/c1-28-19-10-12-20(13-11-19)29-16-22(26)25-24-15-17-6-5-9-21(14-17)30-23(27)18-7-3-2-4-8-18/h2-15H,16H2,1H3,(H,25,26). The lowest BCUT2D eigenvalue weighted by atomic mass is 10.2. The molecule has 3 aromatic carbocycles. The predicted molar refractivity (Wildman–Crippen MR) is 112 cm³/mol. The third-order valence-corrected chi connectivity index (χ3v) is 3.91. The summed E-state index contributed by atoms with van der Waals surface area (Å²) in [5.74, 6) is 0.764. The Hall–Kier alpha value is -4.13. The zero-order valence-electron chi connectivity index (χ0n) is 16.3. The zero-order valence-corrected chi connectivity index (χ0v) is 16.3. The number of hydrogen-bond donors (Lipinski definition) is 1. The van der Waals surface area contributed by atoms with E-state index in [9.17, 15) is 9.59 Å². The molecule has 0 aliphatic rings. The highest BCUT2D eigenvalue weighted by atomic mass is 16.5. The maximum atomic E-state index is 12.1. The van der Waals surface area contributed by atoms with E-state index < -0.39 is 11.9 Å². The first-order chi connectivity index (χ1) is 14.6. The Balaban J connectivity index is 1.49. The van der Waals surface area contributed by atoms with Crippen LogP contribution in [0.2, 0.25) is 0 Å². The number of rotatable bonds is 8. The molecule has 0 aliphatic carbocycles. The van der Waals surface area contributed by atoms with E-state index >= 15 is 0 Å². The quantitative estimate of drug-likeness (QED) is 0.269. The van der Waals surface area contributed by atoms with E-state index in [0.717, 1.165) is 0 Å². The average Bonchev–Trinajstić information content (AvgIpc) is 2.79. The fourth-order valence-corrected chi connectivity index (χ4v) is 2.43. The molecule has 3 aromatic rings. The van der Waals surface area contributed by atoms with Crippen LogP contribution in [0.1, 0.15) is 15.9 Å². The molecule has 0 heterocycles. The molecule has 0 saturated heterocycles. The van der Waals surface area contributed by atoms with Gasteiger partial charge >= 0.3 is 5.97 Å². The smallest absolute Gasteiger partial charge is 0.343 e. The number of nitrogens with one attached hydrogen (secondary N) is 1. The normalized spacial score (nSPS) is 10.4. The summed E-state index contributed by atoms with van der Waals surface area (Å²) in [4.78, 5) is 24.0. The number of esters is 1. The first kappa shape index (κ1) is 20.6. The first-order valence-corrected chi connectivity index (χ1v) is 9.10. The van der Waals surface area contributed by atoms with Crippen molar-refractivity contribution in [1.82, 2.24) is 5.43 Å². The van der Waals surface area contributed by atoms with Crippen LogP contribution >= 0.6 is 0 Å². The molecule has 0 bridgehead atoms. The molecule has 0 saturated carbocycles. The summed E-state index contributed by atoms with van der Waals surface area (Å²) in [6, 6.07) is 22.4. The molecule has 7 nitrogen and oxygen atoms in total. The van der Waals surface area contributed by atoms with Crippen LogP contribution in [0, 0.1) is 0 Å². The van der Waals surface area contributed by atoms with Gasteiger partial charge in [0.1, 0.15) is 17.2 Å². The number of hydrogen-bond acceptors (Lipinski definition) is 6. The predicted octanol–water partition coefficient (Wildman–Crippen LogP) is 3.44. The molecular weight excluding hydrogens is 384 g/mol. The van der Waals surface area contributed by atoms with Crippen LogP contribution in [0.3, 0.4) is 0 Å². The highest BCUT2D eigenvalue weighted by Gasteiger charge is 2.08. The summed E-state index contributed by atoms with van der Waals surface area (Å²) in [5.41, 5.74) is 3.50. The molecule has 3 rings (SSSR count). The molecule has 0 aromatic heterocycles. The van der Waals surface area contributed by atoms with Crippen molar-refractivity contribution < 1.29 is 23.8 Å². The minimum atomic E-state index is -0.450. The number of carbonyl (C=O) groups excluding carboxylic acids is 2. The molecule has 152 valence electrons. The van der Waals surface area contributed by atoms with Crippen molar-refractivity contribution in [3.63, 3.8) is 0 Å². The lowest BCUT2D eigenvalue weighted by Crippen LogP contribution is -2.24. The summed E-state index contributed by atoms with van der Waals surface area (Å²) < 4.78 is 15.8. The molecule has 0 spiro atoms. The van der Waals surface area contributed by atoms with Gasteiger partial charge in [0.05, 0.1) is 18.9 Å². The molecule has 0 aliphatic heterocycles. The second kappa shape index (κ2) is 10.4. The van der Waals surface area contributed by atoms with E-state index in [2.05, 4.69) is 10.5 Å². The van der Waals surface area contributed by atoms with Gasteiger partial charge in [-0.15, -0.1) is 0 Å². The van der Waals surface area contributed by atoms with E-state index in [1.807, 2.05) is 6.07 Å². The second-order valence-corrected chi connectivity index (χ2v) is 6.09. The minimum absolute atomic E-state index is 0.182. The molecule has 0 fully saturated rings. The van der Waals surface area contributed by atoms with Crippen molar-refractivity contribution in [1.29, 1.82) is 0 Å². The van der Waals surface area contributed by atoms with Crippen molar-refractivity contribution in [2.45, 2.75) is 0 Å². The molecule has 0 atom stereocenters. The van der Waals surface area contributed by atoms with E-state index in [0.29, 0.717) is 28.4 Å². The number of methoxy groups -OCH3 is 1. The van der Waals surface area contributed by atoms with Crippen molar-refractivity contribution in [2.24, 2.45) is 5.10 Å². The summed E-state index contributed by atoms with van der Waals surface area (Å²) >= 11 is 0. The lowest BCUT2D eigenvalue weighted by molar-refractivity contribution is -0.123. The average molecular weight is 404 g/mol. The minimum Gasteiger partial charge on any atom is -0.497 e.